The van der Waals surface area contributed by atoms with Crippen molar-refractivity contribution in [3.63, 3.8) is 0 Å². The van der Waals surface area contributed by atoms with Gasteiger partial charge in [-0.15, -0.1) is 0 Å². The van der Waals surface area contributed by atoms with Gasteiger partial charge in [-0.25, -0.2) is 9.97 Å². The summed E-state index contributed by atoms with van der Waals surface area (Å²) in [6.45, 7) is 4.75. The molecule has 10 heteroatoms. The van der Waals surface area contributed by atoms with Crippen LogP contribution in [0.3, 0.4) is 0 Å². The van der Waals surface area contributed by atoms with E-state index >= 15 is 0 Å². The summed E-state index contributed by atoms with van der Waals surface area (Å²) >= 11 is 0. The van der Waals surface area contributed by atoms with Crippen LogP contribution < -0.4 is 20.8 Å². The Labute approximate surface area is 222 Å². The van der Waals surface area contributed by atoms with Crippen LogP contribution in [0.5, 0.6) is 5.75 Å². The molecule has 1 aliphatic rings. The second-order valence-electron chi connectivity index (χ2n) is 8.91. The van der Waals surface area contributed by atoms with Crippen molar-refractivity contribution in [2.24, 2.45) is 5.10 Å². The van der Waals surface area contributed by atoms with Crippen molar-refractivity contribution in [3.05, 3.63) is 72.7 Å². The van der Waals surface area contributed by atoms with Crippen LogP contribution in [-0.2, 0) is 4.79 Å². The van der Waals surface area contributed by atoms with Crippen LogP contribution in [0.1, 0.15) is 25.3 Å². The number of likely N-dealkylation sites (tertiary alicyclic amines) is 1. The highest BCUT2D eigenvalue weighted by atomic mass is 16.5. The molecular weight excluding hydrogens is 480 g/mol. The number of nitrogens with one attached hydrogen (secondary N) is 4. The number of rotatable bonds is 9. The van der Waals surface area contributed by atoms with E-state index in [-0.39, 0.29) is 11.8 Å². The predicted molar refractivity (Wildman–Crippen MR) is 152 cm³/mol. The molecule has 0 spiro atoms. The number of aromatic nitrogens is 2. The number of nitrogens with zero attached hydrogens (tertiary/aromatic N) is 4. The van der Waals surface area contributed by atoms with E-state index in [1.54, 1.807) is 25.3 Å². The number of fused-ring (bicyclic) bond motifs is 1. The molecule has 1 fully saturated rings. The van der Waals surface area contributed by atoms with Crippen molar-refractivity contribution < 1.29 is 9.53 Å². The fourth-order valence-corrected chi connectivity index (χ4v) is 4.16. The van der Waals surface area contributed by atoms with Crippen LogP contribution in [0.25, 0.3) is 10.9 Å². The lowest BCUT2D eigenvalue weighted by Crippen LogP contribution is -2.23. The zero-order valence-electron chi connectivity index (χ0n) is 21.7. The molecule has 0 aliphatic carbocycles. The Bertz CT molecular complexity index is 1400. The summed E-state index contributed by atoms with van der Waals surface area (Å²) in [5, 5.41) is 18.8. The number of anilines is 3. The van der Waals surface area contributed by atoms with Crippen LogP contribution >= 0.6 is 0 Å². The van der Waals surface area contributed by atoms with E-state index in [2.05, 4.69) is 43.1 Å². The molecule has 0 saturated carbocycles. The van der Waals surface area contributed by atoms with E-state index in [1.165, 1.54) is 18.6 Å². The minimum Gasteiger partial charge on any atom is -0.439 e. The van der Waals surface area contributed by atoms with E-state index in [9.17, 15) is 4.79 Å². The highest BCUT2D eigenvalue weighted by Gasteiger charge is 2.18. The Morgan fingerprint density at radius 2 is 2.03 bits per heavy atom. The Hall–Kier alpha value is -4.57. The number of hydrazone groups is 1. The van der Waals surface area contributed by atoms with Crippen LogP contribution in [0.4, 0.5) is 17.2 Å². The lowest BCUT2D eigenvalue weighted by Gasteiger charge is -2.14. The van der Waals surface area contributed by atoms with E-state index in [1.807, 2.05) is 43.3 Å². The number of aryl methyl sites for hydroxylation is 1. The number of carbonyl (C=O) groups excluding carboxylic acids is 1. The summed E-state index contributed by atoms with van der Waals surface area (Å²) in [5.74, 6) is 0.990. The minimum atomic E-state index is -0.170. The number of amides is 1. The molecule has 4 rings (SSSR count). The Kier molecular flexibility index (Phi) is 8.78. The maximum atomic E-state index is 12.5. The smallest absolute Gasteiger partial charge is 0.248 e. The summed E-state index contributed by atoms with van der Waals surface area (Å²) in [4.78, 5) is 23.5. The number of benzene rings is 2. The molecule has 0 unspecified atom stereocenters. The SMILES string of the molecule is C/C=N\N/C=C\C(=N)Oc1ccc(Nc2ncnc3ccc(NC(=O)/C=C/[C@H]4CCCN4C)cc23)cc1C. The van der Waals surface area contributed by atoms with Crippen molar-refractivity contribution in [3.8, 4) is 5.75 Å². The maximum Gasteiger partial charge on any atom is 0.248 e. The second-order valence-corrected chi connectivity index (χ2v) is 8.91. The molecule has 10 nitrogen and oxygen atoms in total. The Morgan fingerprint density at radius 3 is 2.79 bits per heavy atom. The van der Waals surface area contributed by atoms with Crippen LogP contribution in [0.15, 0.2) is 72.3 Å². The first-order valence-electron chi connectivity index (χ1n) is 12.4. The van der Waals surface area contributed by atoms with Crippen molar-refractivity contribution >= 4 is 46.1 Å². The molecule has 1 saturated heterocycles. The van der Waals surface area contributed by atoms with Crippen molar-refractivity contribution in [1.82, 2.24) is 20.3 Å². The number of hydrogen-bond acceptors (Lipinski definition) is 9. The quantitative estimate of drug-likeness (QED) is 0.141. The third kappa shape index (κ3) is 7.01. The van der Waals surface area contributed by atoms with Gasteiger partial charge < -0.3 is 15.4 Å². The van der Waals surface area contributed by atoms with Crippen molar-refractivity contribution in [1.29, 1.82) is 5.41 Å². The molecule has 3 aromatic rings. The second kappa shape index (κ2) is 12.6. The average molecular weight is 513 g/mol. The molecular formula is C28H32N8O2. The normalized spacial score (nSPS) is 16.0. The molecule has 1 atom stereocenters. The molecule has 1 aromatic heterocycles. The standard InChI is InChI=1S/C28H32N8O2/c1-4-32-33-14-13-26(29)38-25-11-8-20(16-19(25)2)35-28-23-17-21(7-10-24(23)30-18-31-28)34-27(37)12-9-22-6-5-15-36(22)3/h4,7-14,16-18,22,29,33H,5-6,15H2,1-3H3,(H,34,37)(H,30,31,35)/b12-9+,14-13-,29-26?,32-4-/t22-/m1/s1. The van der Waals surface area contributed by atoms with Crippen molar-refractivity contribution in [2.45, 2.75) is 32.7 Å². The molecule has 1 amide bonds. The van der Waals surface area contributed by atoms with Gasteiger partial charge in [-0.2, -0.15) is 5.10 Å². The predicted octanol–water partition coefficient (Wildman–Crippen LogP) is 4.74. The van der Waals surface area contributed by atoms with E-state index in [0.717, 1.165) is 41.5 Å². The van der Waals surface area contributed by atoms with Crippen LogP contribution in [0.2, 0.25) is 0 Å². The molecule has 2 heterocycles. The van der Waals surface area contributed by atoms with E-state index < -0.39 is 0 Å². The Morgan fingerprint density at radius 1 is 1.18 bits per heavy atom. The topological polar surface area (TPSA) is 128 Å². The third-order valence-electron chi connectivity index (χ3n) is 6.12. The zero-order chi connectivity index (χ0) is 26.9. The summed E-state index contributed by atoms with van der Waals surface area (Å²) in [7, 11) is 2.07. The summed E-state index contributed by atoms with van der Waals surface area (Å²) in [6.07, 6.45) is 11.9. The van der Waals surface area contributed by atoms with Gasteiger partial charge in [0.2, 0.25) is 11.8 Å². The molecule has 2 aromatic carbocycles. The number of carbonyl (C=O) groups is 1. The summed E-state index contributed by atoms with van der Waals surface area (Å²) in [5.41, 5.74) is 5.73. The van der Waals surface area contributed by atoms with Gasteiger partial charge in [-0.3, -0.25) is 20.5 Å². The zero-order valence-corrected chi connectivity index (χ0v) is 21.7. The lowest BCUT2D eigenvalue weighted by atomic mass is 10.1. The van der Waals surface area contributed by atoms with Gasteiger partial charge in [0.15, 0.2) is 0 Å². The van der Waals surface area contributed by atoms with E-state index in [0.29, 0.717) is 23.3 Å². The number of likely N-dealkylation sites (N-methyl/N-ethyl adjacent to an activating group) is 1. The van der Waals surface area contributed by atoms with Gasteiger partial charge in [0.25, 0.3) is 0 Å². The van der Waals surface area contributed by atoms with E-state index in [4.69, 9.17) is 10.1 Å². The molecule has 0 radical (unpaired) electrons. The highest BCUT2D eigenvalue weighted by Crippen LogP contribution is 2.28. The van der Waals surface area contributed by atoms with Gasteiger partial charge in [0, 0.05) is 47.4 Å². The summed E-state index contributed by atoms with van der Waals surface area (Å²) < 4.78 is 5.61. The number of ether oxygens (including phenoxy) is 1. The van der Waals surface area contributed by atoms with Gasteiger partial charge in [-0.1, -0.05) is 6.08 Å². The highest BCUT2D eigenvalue weighted by molar-refractivity contribution is 6.02. The largest absolute Gasteiger partial charge is 0.439 e. The molecule has 0 bridgehead atoms. The fraction of sp³-hybridized carbons (Fsp3) is 0.250. The maximum absolute atomic E-state index is 12.5. The van der Waals surface area contributed by atoms with Gasteiger partial charge in [0.1, 0.15) is 17.9 Å². The Balaban J connectivity index is 1.45. The summed E-state index contributed by atoms with van der Waals surface area (Å²) in [6, 6.07) is 11.4. The molecule has 4 N–H and O–H groups in total. The average Bonchev–Trinajstić information content (AvgIpc) is 3.32. The minimum absolute atomic E-state index is 0.0194. The van der Waals surface area contributed by atoms with Crippen molar-refractivity contribution in [2.75, 3.05) is 24.2 Å². The van der Waals surface area contributed by atoms with Gasteiger partial charge in [0.05, 0.1) is 5.52 Å². The van der Waals surface area contributed by atoms with Crippen LogP contribution in [-0.4, -0.2) is 52.5 Å². The molecule has 38 heavy (non-hydrogen) atoms. The van der Waals surface area contributed by atoms with Gasteiger partial charge >= 0.3 is 0 Å². The first kappa shape index (κ1) is 26.5. The number of hydrogen-bond donors (Lipinski definition) is 4. The monoisotopic (exact) mass is 512 g/mol. The third-order valence-corrected chi connectivity index (χ3v) is 6.12. The fourth-order valence-electron chi connectivity index (χ4n) is 4.16. The first-order valence-corrected chi connectivity index (χ1v) is 12.4. The molecule has 1 aliphatic heterocycles. The van der Waals surface area contributed by atoms with Gasteiger partial charge in [-0.05, 0) is 82.2 Å². The first-order chi connectivity index (χ1) is 18.4. The van der Waals surface area contributed by atoms with Crippen LogP contribution in [0, 0.1) is 12.3 Å². The molecule has 196 valence electrons. The lowest BCUT2D eigenvalue weighted by molar-refractivity contribution is -0.111.